The number of nitrogens with zero attached hydrogens (tertiary/aromatic N) is 3. The predicted octanol–water partition coefficient (Wildman–Crippen LogP) is 1.86. The van der Waals surface area contributed by atoms with E-state index in [4.69, 9.17) is 0 Å². The smallest absolute Gasteiger partial charge is 0.122 e. The van der Waals surface area contributed by atoms with Gasteiger partial charge in [0.15, 0.2) is 0 Å². The van der Waals surface area contributed by atoms with Gasteiger partial charge in [0.1, 0.15) is 5.82 Å². The van der Waals surface area contributed by atoms with Crippen molar-refractivity contribution in [3.8, 4) is 0 Å². The van der Waals surface area contributed by atoms with Gasteiger partial charge in [0.25, 0.3) is 0 Å². The number of imidazole rings is 1. The van der Waals surface area contributed by atoms with Crippen LogP contribution < -0.4 is 5.32 Å². The van der Waals surface area contributed by atoms with Crippen LogP contribution in [-0.2, 0) is 23.9 Å². The summed E-state index contributed by atoms with van der Waals surface area (Å²) in [5.41, 5.74) is 1.34. The van der Waals surface area contributed by atoms with Gasteiger partial charge >= 0.3 is 0 Å². The summed E-state index contributed by atoms with van der Waals surface area (Å²) in [4.78, 5) is 6.94. The van der Waals surface area contributed by atoms with Crippen molar-refractivity contribution in [2.75, 3.05) is 31.1 Å². The molecule has 136 valence electrons. The van der Waals surface area contributed by atoms with Crippen LogP contribution in [0.3, 0.4) is 0 Å². The van der Waals surface area contributed by atoms with Crippen LogP contribution >= 0.6 is 0 Å². The molecule has 5 nitrogen and oxygen atoms in total. The minimum atomic E-state index is -0.624. The Morgan fingerprint density at radius 1 is 1.20 bits per heavy atom. The molecule has 1 saturated heterocycles. The summed E-state index contributed by atoms with van der Waals surface area (Å²) in [6.45, 7) is 8.84. The lowest BCUT2D eigenvalue weighted by atomic mass is 10.0. The standard InChI is InChI=1S/C19H28N4OS/c1-19(2,23-10-12-25(24)13-11-23)16-20-14-18-21-8-9-22(18)15-17-6-4-3-5-7-17/h3-9,20H,10-16H2,1-2H3. The maximum atomic E-state index is 11.6. The van der Waals surface area contributed by atoms with Gasteiger partial charge in [-0.15, -0.1) is 0 Å². The second kappa shape index (κ2) is 8.25. The van der Waals surface area contributed by atoms with Crippen LogP contribution in [0.5, 0.6) is 0 Å². The fourth-order valence-corrected chi connectivity index (χ4v) is 4.32. The molecule has 0 amide bonds. The molecule has 0 saturated carbocycles. The molecule has 2 aromatic rings. The molecule has 6 heteroatoms. The van der Waals surface area contributed by atoms with Gasteiger partial charge in [0, 0.05) is 66.4 Å². The van der Waals surface area contributed by atoms with Crippen LogP contribution in [0.1, 0.15) is 25.2 Å². The SMILES string of the molecule is CC(C)(CNCc1nccn1Cc1ccccc1)N1CCS(=O)CC1. The Bertz CT molecular complexity index is 688. The minimum absolute atomic E-state index is 0.0570. The van der Waals surface area contributed by atoms with E-state index in [0.29, 0.717) is 0 Å². The van der Waals surface area contributed by atoms with Crippen LogP contribution in [0.25, 0.3) is 0 Å². The number of hydrogen-bond donors (Lipinski definition) is 1. The monoisotopic (exact) mass is 360 g/mol. The average molecular weight is 361 g/mol. The van der Waals surface area contributed by atoms with E-state index in [9.17, 15) is 4.21 Å². The Kier molecular flexibility index (Phi) is 6.04. The Morgan fingerprint density at radius 3 is 2.64 bits per heavy atom. The summed E-state index contributed by atoms with van der Waals surface area (Å²) < 4.78 is 13.7. The summed E-state index contributed by atoms with van der Waals surface area (Å²) in [7, 11) is -0.624. The molecule has 0 spiro atoms. The quantitative estimate of drug-likeness (QED) is 0.819. The van der Waals surface area contributed by atoms with Crippen molar-refractivity contribution in [3.05, 3.63) is 54.1 Å². The highest BCUT2D eigenvalue weighted by Gasteiger charge is 2.29. The van der Waals surface area contributed by atoms with Crippen molar-refractivity contribution >= 4 is 10.8 Å². The molecule has 1 fully saturated rings. The van der Waals surface area contributed by atoms with E-state index >= 15 is 0 Å². The van der Waals surface area contributed by atoms with Gasteiger partial charge in [-0.2, -0.15) is 0 Å². The Labute approximate surface area is 152 Å². The third kappa shape index (κ3) is 5.00. The van der Waals surface area contributed by atoms with Crippen LogP contribution in [0, 0.1) is 0 Å². The third-order valence-corrected chi connectivity index (χ3v) is 6.15. The van der Waals surface area contributed by atoms with E-state index in [1.54, 1.807) is 0 Å². The van der Waals surface area contributed by atoms with Crippen LogP contribution in [0.4, 0.5) is 0 Å². The minimum Gasteiger partial charge on any atom is -0.329 e. The lowest BCUT2D eigenvalue weighted by Crippen LogP contribution is -2.55. The van der Waals surface area contributed by atoms with E-state index in [0.717, 1.165) is 50.1 Å². The molecule has 0 aliphatic carbocycles. The first-order valence-corrected chi connectivity index (χ1v) is 10.4. The second-order valence-electron chi connectivity index (χ2n) is 7.21. The number of hydrogen-bond acceptors (Lipinski definition) is 4. The number of nitrogens with one attached hydrogen (secondary N) is 1. The summed E-state index contributed by atoms with van der Waals surface area (Å²) in [5.74, 6) is 2.65. The Balaban J connectivity index is 1.52. The number of benzene rings is 1. The van der Waals surface area contributed by atoms with E-state index in [1.165, 1.54) is 5.56 Å². The molecule has 1 N–H and O–H groups in total. The van der Waals surface area contributed by atoms with Crippen molar-refractivity contribution < 1.29 is 4.21 Å². The highest BCUT2D eigenvalue weighted by molar-refractivity contribution is 7.85. The normalized spacial score (nSPS) is 17.0. The van der Waals surface area contributed by atoms with Gasteiger partial charge in [-0.25, -0.2) is 4.98 Å². The van der Waals surface area contributed by atoms with Crippen molar-refractivity contribution in [1.82, 2.24) is 19.8 Å². The molecule has 0 radical (unpaired) electrons. The first-order valence-electron chi connectivity index (χ1n) is 8.89. The number of rotatable bonds is 7. The molecule has 2 heterocycles. The van der Waals surface area contributed by atoms with Crippen molar-refractivity contribution in [2.24, 2.45) is 0 Å². The molecule has 1 aromatic heterocycles. The van der Waals surface area contributed by atoms with Crippen molar-refractivity contribution in [3.63, 3.8) is 0 Å². The first-order chi connectivity index (χ1) is 12.0. The van der Waals surface area contributed by atoms with Crippen LogP contribution in [0.15, 0.2) is 42.7 Å². The van der Waals surface area contributed by atoms with Gasteiger partial charge in [-0.3, -0.25) is 9.11 Å². The largest absolute Gasteiger partial charge is 0.329 e. The van der Waals surface area contributed by atoms with E-state index in [1.807, 2.05) is 18.5 Å². The molecule has 1 aliphatic rings. The van der Waals surface area contributed by atoms with Gasteiger partial charge < -0.3 is 9.88 Å². The Hall–Kier alpha value is -1.50. The predicted molar refractivity (Wildman–Crippen MR) is 103 cm³/mol. The molecule has 0 unspecified atom stereocenters. The summed E-state index contributed by atoms with van der Waals surface area (Å²) >= 11 is 0. The molecule has 0 bridgehead atoms. The van der Waals surface area contributed by atoms with Crippen LogP contribution in [0.2, 0.25) is 0 Å². The fourth-order valence-electron chi connectivity index (χ4n) is 3.27. The van der Waals surface area contributed by atoms with Crippen molar-refractivity contribution in [2.45, 2.75) is 32.5 Å². The highest BCUT2D eigenvalue weighted by Crippen LogP contribution is 2.16. The average Bonchev–Trinajstić information content (AvgIpc) is 3.03. The zero-order chi connectivity index (χ0) is 17.7. The second-order valence-corrected chi connectivity index (χ2v) is 8.90. The lowest BCUT2D eigenvalue weighted by Gasteiger charge is -2.40. The van der Waals surface area contributed by atoms with Gasteiger partial charge in [-0.05, 0) is 19.4 Å². The van der Waals surface area contributed by atoms with Gasteiger partial charge in [-0.1, -0.05) is 30.3 Å². The Morgan fingerprint density at radius 2 is 1.92 bits per heavy atom. The molecule has 3 rings (SSSR count). The third-order valence-electron chi connectivity index (χ3n) is 4.87. The highest BCUT2D eigenvalue weighted by atomic mass is 32.2. The van der Waals surface area contributed by atoms with Gasteiger partial charge in [0.2, 0.25) is 0 Å². The zero-order valence-corrected chi connectivity index (χ0v) is 16.0. The molecular formula is C19H28N4OS. The van der Waals surface area contributed by atoms with E-state index in [-0.39, 0.29) is 5.54 Å². The topological polar surface area (TPSA) is 50.2 Å². The molecule has 1 aliphatic heterocycles. The number of aromatic nitrogens is 2. The maximum Gasteiger partial charge on any atom is 0.122 e. The van der Waals surface area contributed by atoms with E-state index in [2.05, 4.69) is 57.9 Å². The maximum absolute atomic E-state index is 11.6. The van der Waals surface area contributed by atoms with Crippen molar-refractivity contribution in [1.29, 1.82) is 0 Å². The summed E-state index contributed by atoms with van der Waals surface area (Å²) in [6.07, 6.45) is 3.90. The zero-order valence-electron chi connectivity index (χ0n) is 15.1. The first kappa shape index (κ1) is 18.3. The summed E-state index contributed by atoms with van der Waals surface area (Å²) in [6, 6.07) is 10.5. The molecule has 1 aromatic carbocycles. The molecule has 0 atom stereocenters. The summed E-state index contributed by atoms with van der Waals surface area (Å²) in [5, 5.41) is 3.56. The lowest BCUT2D eigenvalue weighted by molar-refractivity contribution is 0.130. The van der Waals surface area contributed by atoms with Gasteiger partial charge in [0.05, 0.1) is 6.54 Å². The van der Waals surface area contributed by atoms with Crippen LogP contribution in [-0.4, -0.2) is 55.3 Å². The molecular weight excluding hydrogens is 332 g/mol. The fraction of sp³-hybridized carbons (Fsp3) is 0.526. The molecule has 25 heavy (non-hydrogen) atoms. The van der Waals surface area contributed by atoms with E-state index < -0.39 is 10.8 Å².